The van der Waals surface area contributed by atoms with Crippen molar-refractivity contribution >= 4 is 11.6 Å². The second kappa shape index (κ2) is 14.7. The third-order valence-corrected chi connectivity index (χ3v) is 10.4. The van der Waals surface area contributed by atoms with Crippen LogP contribution >= 0.6 is 0 Å². The van der Waals surface area contributed by atoms with Crippen LogP contribution in [0.2, 0.25) is 0 Å². The van der Waals surface area contributed by atoms with Gasteiger partial charge in [0.25, 0.3) is 5.88 Å². The first kappa shape index (κ1) is 32.5. The van der Waals surface area contributed by atoms with E-state index in [9.17, 15) is 5.26 Å². The van der Waals surface area contributed by atoms with Crippen LogP contribution in [0.1, 0.15) is 63.5 Å². The number of ether oxygens (including phenoxy) is 4. The molecule has 0 spiro atoms. The van der Waals surface area contributed by atoms with Gasteiger partial charge in [0.05, 0.1) is 50.8 Å². The molecule has 6 heterocycles. The van der Waals surface area contributed by atoms with Gasteiger partial charge in [-0.3, -0.25) is 9.58 Å². The van der Waals surface area contributed by atoms with Crippen LogP contribution in [-0.4, -0.2) is 102 Å². The minimum absolute atomic E-state index is 0.267. The van der Waals surface area contributed by atoms with E-state index < -0.39 is 0 Å². The first-order chi connectivity index (χ1) is 24.6. The smallest absolute Gasteiger partial charge is 0.256 e. The third-order valence-electron chi connectivity index (χ3n) is 10.4. The molecule has 262 valence electrons. The van der Waals surface area contributed by atoms with Crippen molar-refractivity contribution < 1.29 is 18.9 Å². The van der Waals surface area contributed by atoms with Crippen molar-refractivity contribution in [3.05, 3.63) is 48.7 Å². The maximum absolute atomic E-state index is 9.69. The summed E-state index contributed by atoms with van der Waals surface area (Å²) in [6.45, 7) is 6.14. The molecule has 15 heteroatoms. The Hall–Kier alpha value is -4.65. The number of benzene rings is 1. The molecule has 3 saturated heterocycles. The first-order valence-electron chi connectivity index (χ1n) is 17.8. The van der Waals surface area contributed by atoms with Crippen LogP contribution in [0.5, 0.6) is 11.6 Å². The predicted octanol–water partition coefficient (Wildman–Crippen LogP) is 4.17. The van der Waals surface area contributed by atoms with E-state index >= 15 is 0 Å². The van der Waals surface area contributed by atoms with Gasteiger partial charge >= 0.3 is 0 Å². The maximum atomic E-state index is 9.69. The topological polar surface area (TPSA) is 163 Å². The van der Waals surface area contributed by atoms with Crippen LogP contribution in [0.4, 0.5) is 11.6 Å². The van der Waals surface area contributed by atoms with Gasteiger partial charge < -0.3 is 24.3 Å². The summed E-state index contributed by atoms with van der Waals surface area (Å²) in [4.78, 5) is 12.0. The zero-order valence-corrected chi connectivity index (χ0v) is 28.3. The monoisotopic (exact) mass is 681 g/mol. The van der Waals surface area contributed by atoms with Gasteiger partial charge in [-0.25, -0.2) is 14.6 Å². The fourth-order valence-corrected chi connectivity index (χ4v) is 7.88. The summed E-state index contributed by atoms with van der Waals surface area (Å²) in [6, 6.07) is 9.77. The average molecular weight is 682 g/mol. The highest BCUT2D eigenvalue weighted by atomic mass is 16.5. The van der Waals surface area contributed by atoms with Gasteiger partial charge in [0.2, 0.25) is 5.95 Å². The molecule has 1 N–H and O–H groups in total. The summed E-state index contributed by atoms with van der Waals surface area (Å²) in [7, 11) is 0. The van der Waals surface area contributed by atoms with Crippen molar-refractivity contribution in [1.82, 2.24) is 44.9 Å². The fraction of sp³-hybridized carbons (Fsp3) is 0.571. The lowest BCUT2D eigenvalue weighted by atomic mass is 9.89. The number of nitrogens with one attached hydrogen (secondary N) is 1. The number of anilines is 2. The van der Waals surface area contributed by atoms with Crippen molar-refractivity contribution in [1.29, 1.82) is 5.26 Å². The highest BCUT2D eigenvalue weighted by Crippen LogP contribution is 2.39. The van der Waals surface area contributed by atoms with E-state index in [1.165, 1.54) is 32.0 Å². The largest absolute Gasteiger partial charge is 0.487 e. The Morgan fingerprint density at radius 3 is 2.46 bits per heavy atom. The quantitative estimate of drug-likeness (QED) is 0.227. The number of nitrogens with zero attached hydrogens (tertiary/aromatic N) is 10. The predicted molar refractivity (Wildman–Crippen MR) is 181 cm³/mol. The number of nitriles is 1. The Labute approximate surface area is 290 Å². The fourth-order valence-electron chi connectivity index (χ4n) is 7.88. The lowest BCUT2D eigenvalue weighted by molar-refractivity contribution is -0.0458. The van der Waals surface area contributed by atoms with Gasteiger partial charge in [-0.15, -0.1) is 10.2 Å². The van der Waals surface area contributed by atoms with Gasteiger partial charge in [0.15, 0.2) is 0 Å². The number of hydrogen-bond donors (Lipinski definition) is 1. The number of morpholine rings is 1. The summed E-state index contributed by atoms with van der Waals surface area (Å²) in [5.74, 6) is 1.82. The molecule has 4 atom stereocenters. The van der Waals surface area contributed by atoms with Crippen LogP contribution in [0.3, 0.4) is 0 Å². The van der Waals surface area contributed by atoms with Gasteiger partial charge in [0, 0.05) is 48.6 Å². The molecule has 8 rings (SSSR count). The molecule has 15 nitrogen and oxygen atoms in total. The summed E-state index contributed by atoms with van der Waals surface area (Å²) in [5.41, 5.74) is 2.80. The maximum Gasteiger partial charge on any atom is 0.256 e. The molecule has 3 aromatic heterocycles. The Kier molecular flexibility index (Phi) is 9.56. The number of fused-ring (bicyclic) bond motifs is 2. The summed E-state index contributed by atoms with van der Waals surface area (Å²) in [6.07, 6.45) is 14.8. The van der Waals surface area contributed by atoms with E-state index in [0.717, 1.165) is 55.9 Å². The van der Waals surface area contributed by atoms with E-state index in [0.29, 0.717) is 73.0 Å². The Bertz CT molecular complexity index is 1750. The minimum Gasteiger partial charge on any atom is -0.487 e. The molecule has 1 saturated carbocycles. The van der Waals surface area contributed by atoms with E-state index in [1.807, 2.05) is 25.3 Å². The molecule has 1 aromatic carbocycles. The first-order valence-corrected chi connectivity index (χ1v) is 17.8. The van der Waals surface area contributed by atoms with Crippen LogP contribution in [0.15, 0.2) is 43.1 Å². The molecular formula is C35H43N11O4. The standard InChI is InChI=1S/C35H43N11O4/c1-23(16-44-22-39-42-43-44)50-33-12-25(2-3-26(33)13-36)27-14-37-35(38-15-27)40-32-17-45(41-34(32)49-19-24-10-11-47-18-24)28-4-6-29(7-5-28)46-30-8-9-31(46)21-48-20-30/h2-3,12,14-15,17,22-24,28-31H,4-11,16,18-21H2,1H3,(H,37,38,40)/t23-,24?,28?,29?,30-,31+/m0/s1. The molecule has 4 fully saturated rings. The van der Waals surface area contributed by atoms with E-state index in [4.69, 9.17) is 24.0 Å². The second-order valence-corrected chi connectivity index (χ2v) is 13.9. The van der Waals surface area contributed by atoms with Crippen molar-refractivity contribution in [2.75, 3.05) is 38.4 Å². The Morgan fingerprint density at radius 2 is 1.74 bits per heavy atom. The molecule has 1 unspecified atom stereocenters. The molecule has 2 bridgehead atoms. The van der Waals surface area contributed by atoms with E-state index in [-0.39, 0.29) is 6.10 Å². The minimum atomic E-state index is -0.267. The van der Waals surface area contributed by atoms with Gasteiger partial charge in [-0.2, -0.15) is 5.26 Å². The molecular weight excluding hydrogens is 638 g/mol. The Balaban J connectivity index is 0.953. The number of rotatable bonds is 12. The SMILES string of the molecule is C[C@@H](Cn1cnnn1)Oc1cc(-c2cnc(Nc3cn(C4CCC(N5[C@@H]6CC[C@H]5COC6)CC4)nc3OCC3CCOC3)nc2)ccc1C#N. The zero-order chi connectivity index (χ0) is 33.9. The van der Waals surface area contributed by atoms with Crippen LogP contribution in [0, 0.1) is 17.2 Å². The van der Waals surface area contributed by atoms with Gasteiger partial charge in [0.1, 0.15) is 29.9 Å². The summed E-state index contributed by atoms with van der Waals surface area (Å²) in [5, 5.41) is 29.2. The Morgan fingerprint density at radius 1 is 0.960 bits per heavy atom. The van der Waals surface area contributed by atoms with E-state index in [1.54, 1.807) is 23.1 Å². The van der Waals surface area contributed by atoms with Crippen LogP contribution in [0.25, 0.3) is 11.1 Å². The molecule has 1 aliphatic carbocycles. The number of aromatic nitrogens is 8. The number of tetrazole rings is 1. The highest BCUT2D eigenvalue weighted by molar-refractivity contribution is 5.67. The lowest BCUT2D eigenvalue weighted by Crippen LogP contribution is -2.52. The average Bonchev–Trinajstić information content (AvgIpc) is 3.97. The van der Waals surface area contributed by atoms with Crippen LogP contribution in [-0.2, 0) is 16.0 Å². The lowest BCUT2D eigenvalue weighted by Gasteiger charge is -2.43. The molecule has 50 heavy (non-hydrogen) atoms. The molecule has 4 aromatic rings. The zero-order valence-electron chi connectivity index (χ0n) is 28.3. The van der Waals surface area contributed by atoms with Crippen molar-refractivity contribution in [3.8, 4) is 28.8 Å². The molecule has 0 amide bonds. The molecule has 3 aliphatic heterocycles. The van der Waals surface area contributed by atoms with Crippen LogP contribution < -0.4 is 14.8 Å². The second-order valence-electron chi connectivity index (χ2n) is 13.9. The normalized spacial score (nSPS) is 25.6. The van der Waals surface area contributed by atoms with Crippen molar-refractivity contribution in [2.24, 2.45) is 5.92 Å². The number of hydrogen-bond acceptors (Lipinski definition) is 13. The third kappa shape index (κ3) is 7.14. The summed E-state index contributed by atoms with van der Waals surface area (Å²) < 4.78 is 27.5. The van der Waals surface area contributed by atoms with E-state index in [2.05, 4.69) is 46.5 Å². The summed E-state index contributed by atoms with van der Waals surface area (Å²) >= 11 is 0. The highest BCUT2D eigenvalue weighted by Gasteiger charge is 2.42. The molecule has 0 radical (unpaired) electrons. The molecule has 4 aliphatic rings. The van der Waals surface area contributed by atoms with Crippen molar-refractivity contribution in [2.45, 2.75) is 88.7 Å². The van der Waals surface area contributed by atoms with Gasteiger partial charge in [-0.05, 0) is 80.0 Å². The van der Waals surface area contributed by atoms with Gasteiger partial charge in [-0.1, -0.05) is 6.07 Å². The van der Waals surface area contributed by atoms with Crippen molar-refractivity contribution in [3.63, 3.8) is 0 Å².